The zero-order valence-corrected chi connectivity index (χ0v) is 41.4. The van der Waals surface area contributed by atoms with E-state index in [9.17, 15) is 19.8 Å². The molecule has 0 aliphatic rings. The Morgan fingerprint density at radius 1 is 0.452 bits per heavy atom. The van der Waals surface area contributed by atoms with E-state index in [1.807, 2.05) is 0 Å². The summed E-state index contributed by atoms with van der Waals surface area (Å²) in [4.78, 5) is 24.5. The van der Waals surface area contributed by atoms with E-state index in [0.717, 1.165) is 96.3 Å². The molecule has 0 saturated carbocycles. The maximum absolute atomic E-state index is 12.5. The third-order valence-electron chi connectivity index (χ3n) is 12.4. The van der Waals surface area contributed by atoms with Crippen molar-refractivity contribution in [1.29, 1.82) is 0 Å². The Hall–Kier alpha value is -1.92. The molecule has 0 bridgehead atoms. The quantitative estimate of drug-likeness (QED) is 0.0321. The van der Waals surface area contributed by atoms with Gasteiger partial charge in [0.25, 0.3) is 0 Å². The van der Waals surface area contributed by atoms with E-state index in [1.54, 1.807) is 0 Å². The number of ether oxygens (including phenoxy) is 1. The molecule has 0 radical (unpaired) electrons. The normalized spacial score (nSPS) is 12.9. The molecule has 0 fully saturated rings. The van der Waals surface area contributed by atoms with Crippen LogP contribution in [0.3, 0.4) is 0 Å². The minimum atomic E-state index is -0.684. The summed E-state index contributed by atoms with van der Waals surface area (Å²) < 4.78 is 5.43. The number of unbranched alkanes of at least 4 members (excludes halogenated alkanes) is 33. The van der Waals surface area contributed by atoms with E-state index < -0.39 is 12.1 Å². The van der Waals surface area contributed by atoms with Gasteiger partial charge in [0, 0.05) is 12.8 Å². The number of hydrogen-bond acceptors (Lipinski definition) is 5. The van der Waals surface area contributed by atoms with Gasteiger partial charge in [-0.3, -0.25) is 9.59 Å². The molecule has 0 aromatic heterocycles. The van der Waals surface area contributed by atoms with E-state index in [2.05, 4.69) is 55.6 Å². The Bertz CT molecular complexity index is 1010. The van der Waals surface area contributed by atoms with E-state index in [-0.39, 0.29) is 18.5 Å². The van der Waals surface area contributed by atoms with Crippen molar-refractivity contribution in [3.8, 4) is 0 Å². The molecule has 0 spiro atoms. The summed E-state index contributed by atoms with van der Waals surface area (Å²) in [7, 11) is 0. The first-order chi connectivity index (χ1) is 30.5. The van der Waals surface area contributed by atoms with E-state index >= 15 is 0 Å². The molecule has 0 aliphatic heterocycles. The van der Waals surface area contributed by atoms with Gasteiger partial charge >= 0.3 is 5.97 Å². The van der Waals surface area contributed by atoms with Crippen molar-refractivity contribution in [2.75, 3.05) is 13.2 Å². The van der Waals surface area contributed by atoms with Gasteiger partial charge in [-0.1, -0.05) is 224 Å². The average molecular weight is 872 g/mol. The lowest BCUT2D eigenvalue weighted by atomic mass is 10.0. The van der Waals surface area contributed by atoms with Crippen LogP contribution < -0.4 is 5.32 Å². The van der Waals surface area contributed by atoms with Crippen LogP contribution in [0.4, 0.5) is 0 Å². The smallest absolute Gasteiger partial charge is 0.305 e. The number of rotatable bonds is 50. The van der Waals surface area contributed by atoms with Crippen molar-refractivity contribution >= 4 is 11.9 Å². The number of amides is 1. The molecule has 62 heavy (non-hydrogen) atoms. The Balaban J connectivity index is 3.53. The van der Waals surface area contributed by atoms with Gasteiger partial charge in [0.15, 0.2) is 0 Å². The number of aliphatic hydroxyl groups is 2. The summed E-state index contributed by atoms with van der Waals surface area (Å²) >= 11 is 0. The predicted molar refractivity (Wildman–Crippen MR) is 269 cm³/mol. The minimum absolute atomic E-state index is 0.0446. The van der Waals surface area contributed by atoms with Crippen molar-refractivity contribution in [3.63, 3.8) is 0 Å². The molecular weight excluding hydrogens is 767 g/mol. The highest BCUT2D eigenvalue weighted by atomic mass is 16.5. The highest BCUT2D eigenvalue weighted by molar-refractivity contribution is 5.76. The fourth-order valence-corrected chi connectivity index (χ4v) is 8.19. The van der Waals surface area contributed by atoms with Crippen LogP contribution in [0.15, 0.2) is 36.5 Å². The highest BCUT2D eigenvalue weighted by Crippen LogP contribution is 2.16. The lowest BCUT2D eigenvalue weighted by molar-refractivity contribution is -0.143. The summed E-state index contributed by atoms with van der Waals surface area (Å²) in [6, 6.07) is -0.564. The number of carbonyl (C=O) groups is 2. The number of allylic oxidation sites excluding steroid dienone is 6. The second kappa shape index (κ2) is 51.7. The first-order valence-electron chi connectivity index (χ1n) is 27.2. The number of aliphatic hydroxyl groups excluding tert-OH is 2. The van der Waals surface area contributed by atoms with Gasteiger partial charge in [0.2, 0.25) is 5.91 Å². The van der Waals surface area contributed by atoms with Crippen LogP contribution >= 0.6 is 0 Å². The van der Waals surface area contributed by atoms with Crippen molar-refractivity contribution in [3.05, 3.63) is 36.5 Å². The van der Waals surface area contributed by atoms with E-state index in [1.165, 1.54) is 154 Å². The predicted octanol–water partition coefficient (Wildman–Crippen LogP) is 16.5. The van der Waals surface area contributed by atoms with Crippen molar-refractivity contribution < 1.29 is 24.5 Å². The van der Waals surface area contributed by atoms with Crippen LogP contribution in [0.25, 0.3) is 0 Å². The summed E-state index contributed by atoms with van der Waals surface area (Å²) in [5.74, 6) is -0.109. The Morgan fingerprint density at radius 3 is 1.26 bits per heavy atom. The highest BCUT2D eigenvalue weighted by Gasteiger charge is 2.20. The molecule has 2 atom stereocenters. The monoisotopic (exact) mass is 872 g/mol. The molecule has 6 heteroatoms. The molecule has 6 nitrogen and oxygen atoms in total. The third-order valence-corrected chi connectivity index (χ3v) is 12.4. The van der Waals surface area contributed by atoms with Crippen LogP contribution in [0.1, 0.15) is 284 Å². The molecule has 2 unspecified atom stereocenters. The van der Waals surface area contributed by atoms with Crippen molar-refractivity contribution in [2.45, 2.75) is 296 Å². The fraction of sp³-hybridized carbons (Fsp3) is 0.857. The Labute approximate surface area is 385 Å². The van der Waals surface area contributed by atoms with Gasteiger partial charge in [-0.05, 0) is 83.5 Å². The first-order valence-corrected chi connectivity index (χ1v) is 27.2. The minimum Gasteiger partial charge on any atom is -0.466 e. The number of esters is 1. The van der Waals surface area contributed by atoms with E-state index in [4.69, 9.17) is 4.74 Å². The lowest BCUT2D eigenvalue weighted by Crippen LogP contribution is -2.45. The Morgan fingerprint density at radius 2 is 0.806 bits per heavy atom. The molecule has 0 aromatic carbocycles. The van der Waals surface area contributed by atoms with Gasteiger partial charge in [-0.2, -0.15) is 0 Å². The molecule has 0 saturated heterocycles. The topological polar surface area (TPSA) is 95.9 Å². The van der Waals surface area contributed by atoms with Crippen LogP contribution in [0.5, 0.6) is 0 Å². The number of carbonyl (C=O) groups excluding carboxylic acids is 2. The molecule has 0 aromatic rings. The number of nitrogens with one attached hydrogen (secondary N) is 1. The summed E-state index contributed by atoms with van der Waals surface area (Å²) in [5, 5.41) is 23.3. The third kappa shape index (κ3) is 47.6. The standard InChI is InChI=1S/C56H105NO5/c1-3-5-7-9-11-13-15-17-19-21-22-23-25-28-32-36-40-44-48-54(59)53(52-58)57-55(60)49-45-41-37-33-29-27-31-35-39-43-47-51-62-56(61)50-46-42-38-34-30-26-24-20-18-16-14-12-10-8-6-4-2/h14,16,20,24,31,35,53-54,58-59H,3-13,15,17-19,21-23,25-30,32-34,36-52H2,1-2H3,(H,57,60)/b16-14-,24-20-,35-31-. The van der Waals surface area contributed by atoms with Crippen LogP contribution in [0, 0.1) is 0 Å². The second-order valence-electron chi connectivity index (χ2n) is 18.6. The summed E-state index contributed by atoms with van der Waals surface area (Å²) in [6.45, 7) is 4.86. The molecule has 0 rings (SSSR count). The largest absolute Gasteiger partial charge is 0.466 e. The van der Waals surface area contributed by atoms with Crippen LogP contribution in [-0.4, -0.2) is 47.4 Å². The SMILES string of the molecule is CCCCCC/C=C\C/C=C\CCCCCCCC(=O)OCCCC/C=C\CCCCCCCC(=O)NC(CO)C(O)CCCCCCCCCCCCCCCCCCCC. The maximum Gasteiger partial charge on any atom is 0.305 e. The van der Waals surface area contributed by atoms with Gasteiger partial charge in [0.05, 0.1) is 25.4 Å². The second-order valence-corrected chi connectivity index (χ2v) is 18.6. The molecule has 3 N–H and O–H groups in total. The van der Waals surface area contributed by atoms with Crippen LogP contribution in [-0.2, 0) is 14.3 Å². The van der Waals surface area contributed by atoms with Crippen molar-refractivity contribution in [2.24, 2.45) is 0 Å². The zero-order chi connectivity index (χ0) is 45.1. The van der Waals surface area contributed by atoms with Gasteiger partial charge < -0.3 is 20.3 Å². The summed E-state index contributed by atoms with van der Waals surface area (Å²) in [5.41, 5.74) is 0. The first kappa shape index (κ1) is 60.1. The maximum atomic E-state index is 12.5. The molecule has 1 amide bonds. The van der Waals surface area contributed by atoms with Gasteiger partial charge in [-0.25, -0.2) is 0 Å². The van der Waals surface area contributed by atoms with Crippen LogP contribution in [0.2, 0.25) is 0 Å². The zero-order valence-electron chi connectivity index (χ0n) is 41.4. The van der Waals surface area contributed by atoms with Crippen molar-refractivity contribution in [1.82, 2.24) is 5.32 Å². The fourth-order valence-electron chi connectivity index (χ4n) is 8.19. The Kier molecular flexibility index (Phi) is 50.1. The molecular formula is C56H105NO5. The molecule has 0 aliphatic carbocycles. The molecule has 0 heterocycles. The number of hydrogen-bond donors (Lipinski definition) is 3. The average Bonchev–Trinajstić information content (AvgIpc) is 3.27. The molecule has 364 valence electrons. The summed E-state index contributed by atoms with van der Waals surface area (Å²) in [6.07, 6.45) is 62.6. The lowest BCUT2D eigenvalue weighted by Gasteiger charge is -2.22. The van der Waals surface area contributed by atoms with Gasteiger partial charge in [0.1, 0.15) is 0 Å². The van der Waals surface area contributed by atoms with E-state index in [0.29, 0.717) is 25.9 Å². The van der Waals surface area contributed by atoms with Gasteiger partial charge in [-0.15, -0.1) is 0 Å².